The molecule has 2 aromatic heterocycles. The number of alkyl halides is 2. The summed E-state index contributed by atoms with van der Waals surface area (Å²) in [6, 6.07) is 4.29. The van der Waals surface area contributed by atoms with E-state index in [1.807, 2.05) is 6.08 Å². The molecule has 2 aliphatic heterocycles. The Kier molecular flexibility index (Phi) is 6.43. The van der Waals surface area contributed by atoms with Gasteiger partial charge in [-0.25, -0.2) is 13.8 Å². The molecule has 2 aromatic rings. The first-order valence-corrected chi connectivity index (χ1v) is 10.3. The van der Waals surface area contributed by atoms with Crippen molar-refractivity contribution in [3.63, 3.8) is 0 Å². The maximum atomic E-state index is 14.4. The van der Waals surface area contributed by atoms with Gasteiger partial charge in [0.1, 0.15) is 5.69 Å². The van der Waals surface area contributed by atoms with E-state index >= 15 is 0 Å². The van der Waals surface area contributed by atoms with E-state index in [0.29, 0.717) is 49.3 Å². The molecular formula is C22H23F3N4O3. The minimum absolute atomic E-state index is 0.0280. The van der Waals surface area contributed by atoms with Crippen LogP contribution in [0.2, 0.25) is 0 Å². The Hall–Kier alpha value is -2.98. The molecule has 0 bridgehead atoms. The SMILES string of the molecule is CNC(=O)c1ccc(C2=CCN(CC3Cc4[nH]c(=O)c(C(F)F)cc4CO3)CC2)c(F)n1. The quantitative estimate of drug-likeness (QED) is 0.687. The van der Waals surface area contributed by atoms with Gasteiger partial charge in [-0.3, -0.25) is 14.5 Å². The number of nitrogens with zero attached hydrogens (tertiary/aromatic N) is 2. The average Bonchev–Trinajstić information content (AvgIpc) is 2.78. The van der Waals surface area contributed by atoms with Crippen molar-refractivity contribution in [3.05, 3.63) is 68.7 Å². The highest BCUT2D eigenvalue weighted by Crippen LogP contribution is 2.26. The Morgan fingerprint density at radius 3 is 2.88 bits per heavy atom. The molecule has 0 aliphatic carbocycles. The lowest BCUT2D eigenvalue weighted by molar-refractivity contribution is 0.00529. The van der Waals surface area contributed by atoms with Crippen LogP contribution in [-0.2, 0) is 17.8 Å². The van der Waals surface area contributed by atoms with Gasteiger partial charge in [0.15, 0.2) is 0 Å². The minimum atomic E-state index is -2.82. The molecule has 0 spiro atoms. The summed E-state index contributed by atoms with van der Waals surface area (Å²) in [7, 11) is 1.46. The lowest BCUT2D eigenvalue weighted by atomic mass is 9.99. The van der Waals surface area contributed by atoms with Crippen LogP contribution >= 0.6 is 0 Å². The number of nitrogens with one attached hydrogen (secondary N) is 2. The highest BCUT2D eigenvalue weighted by molar-refractivity contribution is 5.92. The van der Waals surface area contributed by atoms with Crippen molar-refractivity contribution in [1.82, 2.24) is 20.2 Å². The van der Waals surface area contributed by atoms with Crippen molar-refractivity contribution in [2.75, 3.05) is 26.7 Å². The summed E-state index contributed by atoms with van der Waals surface area (Å²) in [5.74, 6) is -1.12. The summed E-state index contributed by atoms with van der Waals surface area (Å²) in [5, 5.41) is 2.41. The lowest BCUT2D eigenvalue weighted by Gasteiger charge is -2.32. The number of H-pyrrole nitrogens is 1. The zero-order chi connectivity index (χ0) is 22.8. The van der Waals surface area contributed by atoms with Crippen molar-refractivity contribution < 1.29 is 22.7 Å². The van der Waals surface area contributed by atoms with E-state index in [2.05, 4.69) is 20.2 Å². The van der Waals surface area contributed by atoms with Gasteiger partial charge in [-0.15, -0.1) is 0 Å². The van der Waals surface area contributed by atoms with E-state index in [4.69, 9.17) is 4.74 Å². The van der Waals surface area contributed by atoms with E-state index in [9.17, 15) is 22.8 Å². The summed E-state index contributed by atoms with van der Waals surface area (Å²) < 4.78 is 46.1. The Morgan fingerprint density at radius 1 is 1.41 bits per heavy atom. The molecule has 0 radical (unpaired) electrons. The van der Waals surface area contributed by atoms with E-state index < -0.39 is 29.4 Å². The third-order valence-corrected chi connectivity index (χ3v) is 5.79. The highest BCUT2D eigenvalue weighted by Gasteiger charge is 2.26. The summed E-state index contributed by atoms with van der Waals surface area (Å²) in [4.78, 5) is 31.9. The summed E-state index contributed by atoms with van der Waals surface area (Å²) >= 11 is 0. The minimum Gasteiger partial charge on any atom is -0.372 e. The highest BCUT2D eigenvalue weighted by atomic mass is 19.3. The third kappa shape index (κ3) is 4.61. The number of halogens is 3. The second kappa shape index (κ2) is 9.25. The first-order valence-electron chi connectivity index (χ1n) is 10.3. The summed E-state index contributed by atoms with van der Waals surface area (Å²) in [5.41, 5.74) is 1.15. The average molecular weight is 448 g/mol. The fraction of sp³-hybridized carbons (Fsp3) is 0.409. The smallest absolute Gasteiger partial charge is 0.269 e. The predicted molar refractivity (Wildman–Crippen MR) is 111 cm³/mol. The molecule has 2 aliphatic rings. The Morgan fingerprint density at radius 2 is 2.22 bits per heavy atom. The van der Waals surface area contributed by atoms with Crippen LogP contribution < -0.4 is 10.9 Å². The van der Waals surface area contributed by atoms with Gasteiger partial charge in [0.25, 0.3) is 17.9 Å². The number of ether oxygens (including phenoxy) is 1. The van der Waals surface area contributed by atoms with Crippen molar-refractivity contribution in [1.29, 1.82) is 0 Å². The monoisotopic (exact) mass is 448 g/mol. The van der Waals surface area contributed by atoms with Crippen LogP contribution in [0.4, 0.5) is 13.2 Å². The molecule has 4 heterocycles. The number of carbonyl (C=O) groups is 1. The maximum absolute atomic E-state index is 14.4. The van der Waals surface area contributed by atoms with Gasteiger partial charge in [0.05, 0.1) is 18.3 Å². The number of hydrogen-bond acceptors (Lipinski definition) is 5. The number of pyridine rings is 2. The van der Waals surface area contributed by atoms with E-state index in [0.717, 1.165) is 5.57 Å². The van der Waals surface area contributed by atoms with Crippen LogP contribution in [0.15, 0.2) is 29.1 Å². The van der Waals surface area contributed by atoms with Gasteiger partial charge in [0.2, 0.25) is 5.95 Å². The number of rotatable bonds is 5. The van der Waals surface area contributed by atoms with Crippen molar-refractivity contribution in [2.45, 2.75) is 32.0 Å². The van der Waals surface area contributed by atoms with Crippen LogP contribution in [0.1, 0.15) is 45.7 Å². The number of carbonyl (C=O) groups excluding carboxylic acids is 1. The van der Waals surface area contributed by atoms with Gasteiger partial charge in [-0.1, -0.05) is 6.08 Å². The standard InChI is InChI=1S/C22H23F3N4O3/c1-26-22(31)17-3-2-15(20(25)27-17)12-4-6-29(7-5-12)10-14-9-18-13(11-32-14)8-16(19(23)24)21(30)28-18/h2-4,8,14,19H,5-7,9-11H2,1H3,(H,26,31)(H,28,30). The number of aromatic amines is 1. The molecule has 7 nitrogen and oxygen atoms in total. The van der Waals surface area contributed by atoms with E-state index in [-0.39, 0.29) is 18.4 Å². The van der Waals surface area contributed by atoms with Gasteiger partial charge < -0.3 is 15.0 Å². The molecule has 10 heteroatoms. The molecule has 1 unspecified atom stereocenters. The molecule has 1 atom stereocenters. The van der Waals surface area contributed by atoms with Gasteiger partial charge in [0, 0.05) is 44.4 Å². The van der Waals surface area contributed by atoms with Crippen LogP contribution in [0.5, 0.6) is 0 Å². The van der Waals surface area contributed by atoms with Crippen LogP contribution in [0.25, 0.3) is 5.57 Å². The maximum Gasteiger partial charge on any atom is 0.269 e. The Balaban J connectivity index is 1.39. The fourth-order valence-electron chi connectivity index (χ4n) is 4.05. The normalized spacial score (nSPS) is 18.9. The largest absolute Gasteiger partial charge is 0.372 e. The molecule has 0 saturated heterocycles. The number of amides is 1. The predicted octanol–water partition coefficient (Wildman–Crippen LogP) is 2.44. The van der Waals surface area contributed by atoms with Crippen molar-refractivity contribution >= 4 is 11.5 Å². The van der Waals surface area contributed by atoms with Crippen molar-refractivity contribution in [2.24, 2.45) is 0 Å². The zero-order valence-corrected chi connectivity index (χ0v) is 17.5. The van der Waals surface area contributed by atoms with Gasteiger partial charge in [-0.05, 0) is 35.8 Å². The first-order chi connectivity index (χ1) is 15.4. The molecule has 4 rings (SSSR count). The molecule has 170 valence electrons. The third-order valence-electron chi connectivity index (χ3n) is 5.79. The molecule has 2 N–H and O–H groups in total. The van der Waals surface area contributed by atoms with Crippen LogP contribution in [0, 0.1) is 5.95 Å². The topological polar surface area (TPSA) is 87.3 Å². The van der Waals surface area contributed by atoms with E-state index in [1.54, 1.807) is 6.07 Å². The van der Waals surface area contributed by atoms with Crippen molar-refractivity contribution in [3.8, 4) is 0 Å². The molecule has 32 heavy (non-hydrogen) atoms. The van der Waals surface area contributed by atoms with Gasteiger partial charge >= 0.3 is 0 Å². The summed E-state index contributed by atoms with van der Waals surface area (Å²) in [6.07, 6.45) is -0.0420. The van der Waals surface area contributed by atoms with Crippen LogP contribution in [0.3, 0.4) is 0 Å². The zero-order valence-electron chi connectivity index (χ0n) is 17.5. The Bertz CT molecular complexity index is 1120. The lowest BCUT2D eigenvalue weighted by Crippen LogP contribution is -2.40. The molecule has 0 aromatic carbocycles. The number of aromatic nitrogens is 2. The molecular weight excluding hydrogens is 425 g/mol. The fourth-order valence-corrected chi connectivity index (χ4v) is 4.05. The van der Waals surface area contributed by atoms with Gasteiger partial charge in [-0.2, -0.15) is 4.39 Å². The molecule has 0 saturated carbocycles. The number of hydrogen-bond donors (Lipinski definition) is 2. The first kappa shape index (κ1) is 22.2. The van der Waals surface area contributed by atoms with Crippen LogP contribution in [-0.4, -0.2) is 53.6 Å². The summed E-state index contributed by atoms with van der Waals surface area (Å²) in [6.45, 7) is 2.02. The van der Waals surface area contributed by atoms with E-state index in [1.165, 1.54) is 19.2 Å². The second-order valence-corrected chi connectivity index (χ2v) is 7.85. The molecule has 0 fully saturated rings. The second-order valence-electron chi connectivity index (χ2n) is 7.85. The number of fused-ring (bicyclic) bond motifs is 1. The Labute approximate surface area is 182 Å². The molecule has 1 amide bonds.